The van der Waals surface area contributed by atoms with E-state index < -0.39 is 29.7 Å². The SMILES string of the molecule is C=C(C)C(CC=C(C)C)Cc1c(O)cc(O)c2c1O[C@H](c1cc3c(cc1O)O[C@@H](c1ccc(O)cc1)[C@@H]3c1cc(O)cc(O)c1)CC2=O. The molecule has 0 saturated carbocycles. The molecular formula is C39H38O9. The van der Waals surface area contributed by atoms with Crippen LogP contribution in [0.15, 0.2) is 84.5 Å². The fourth-order valence-electron chi connectivity index (χ4n) is 6.63. The van der Waals surface area contributed by atoms with Gasteiger partial charge in [0.2, 0.25) is 0 Å². The fourth-order valence-corrected chi connectivity index (χ4v) is 6.63. The molecule has 0 fully saturated rings. The van der Waals surface area contributed by atoms with Gasteiger partial charge in [-0.2, -0.15) is 0 Å². The summed E-state index contributed by atoms with van der Waals surface area (Å²) in [6.45, 7) is 10.0. The summed E-state index contributed by atoms with van der Waals surface area (Å²) in [5.41, 5.74) is 4.48. The molecule has 2 heterocycles. The number of carbonyl (C=O) groups excluding carboxylic acids is 1. The summed E-state index contributed by atoms with van der Waals surface area (Å²) in [6, 6.07) is 15.0. The molecule has 9 heteroatoms. The van der Waals surface area contributed by atoms with E-state index >= 15 is 0 Å². The number of ketones is 1. The van der Waals surface area contributed by atoms with Gasteiger partial charge in [-0.15, -0.1) is 0 Å². The van der Waals surface area contributed by atoms with Crippen molar-refractivity contribution < 1.29 is 44.9 Å². The van der Waals surface area contributed by atoms with E-state index in [1.54, 1.807) is 18.2 Å². The average Bonchev–Trinajstić information content (AvgIpc) is 3.37. The van der Waals surface area contributed by atoms with Crippen molar-refractivity contribution >= 4 is 5.78 Å². The Morgan fingerprint density at radius 1 is 0.812 bits per heavy atom. The Kier molecular flexibility index (Phi) is 8.47. The summed E-state index contributed by atoms with van der Waals surface area (Å²) in [7, 11) is 0. The number of hydrogen-bond acceptors (Lipinski definition) is 9. The summed E-state index contributed by atoms with van der Waals surface area (Å²) in [5.74, 6) is -1.68. The number of rotatable bonds is 8. The third kappa shape index (κ3) is 6.11. The number of aromatic hydroxyl groups is 6. The van der Waals surface area contributed by atoms with Gasteiger partial charge in [-0.1, -0.05) is 35.9 Å². The minimum Gasteiger partial charge on any atom is -0.508 e. The third-order valence-electron chi connectivity index (χ3n) is 9.11. The number of ether oxygens (including phenoxy) is 2. The summed E-state index contributed by atoms with van der Waals surface area (Å²) >= 11 is 0. The quantitative estimate of drug-likeness (QED) is 0.104. The highest BCUT2D eigenvalue weighted by molar-refractivity contribution is 6.03. The Bertz CT molecular complexity index is 1930. The van der Waals surface area contributed by atoms with Crippen LogP contribution in [0.4, 0.5) is 0 Å². The van der Waals surface area contributed by atoms with E-state index in [1.165, 1.54) is 36.4 Å². The van der Waals surface area contributed by atoms with Gasteiger partial charge >= 0.3 is 0 Å². The first kappa shape index (κ1) is 32.4. The number of phenols is 6. The summed E-state index contributed by atoms with van der Waals surface area (Å²) < 4.78 is 12.8. The lowest BCUT2D eigenvalue weighted by atomic mass is 9.83. The van der Waals surface area contributed by atoms with Gasteiger partial charge in [0.25, 0.3) is 0 Å². The lowest BCUT2D eigenvalue weighted by Gasteiger charge is -2.30. The van der Waals surface area contributed by atoms with Crippen LogP contribution < -0.4 is 9.47 Å². The molecule has 4 atom stereocenters. The molecule has 9 nitrogen and oxygen atoms in total. The molecule has 0 bridgehead atoms. The van der Waals surface area contributed by atoms with Gasteiger partial charge in [0.1, 0.15) is 63.8 Å². The van der Waals surface area contributed by atoms with Gasteiger partial charge in [-0.05, 0) is 81.0 Å². The van der Waals surface area contributed by atoms with Crippen LogP contribution in [0.25, 0.3) is 0 Å². The highest BCUT2D eigenvalue weighted by Gasteiger charge is 2.41. The molecule has 6 N–H and O–H groups in total. The Hall–Kier alpha value is -5.57. The van der Waals surface area contributed by atoms with Gasteiger partial charge < -0.3 is 40.1 Å². The predicted octanol–water partition coefficient (Wildman–Crippen LogP) is 7.98. The van der Waals surface area contributed by atoms with Gasteiger partial charge in [0, 0.05) is 34.9 Å². The standard InChI is InChI=1S/C39H38O9/c1-19(2)5-6-22(20(3)4)13-28-30(43)16-32(45)37-33(46)18-34(48-39(28)37)27-15-29-35(17-31(27)44)47-38(21-7-9-24(40)10-8-21)36(29)23-11-25(41)14-26(42)12-23/h5,7-12,14-17,22,34,36,38,40-45H,3,6,13,18H2,1-2,4H3/t22?,34-,36+,38-/m0/s1. The molecule has 2 aliphatic heterocycles. The minimum absolute atomic E-state index is 0.0220. The second-order valence-electron chi connectivity index (χ2n) is 12.9. The topological polar surface area (TPSA) is 157 Å². The van der Waals surface area contributed by atoms with Crippen LogP contribution in [-0.2, 0) is 6.42 Å². The van der Waals surface area contributed by atoms with Crippen LogP contribution in [0, 0.1) is 5.92 Å². The van der Waals surface area contributed by atoms with Crippen molar-refractivity contribution in [3.05, 3.63) is 118 Å². The van der Waals surface area contributed by atoms with Crippen molar-refractivity contribution in [1.82, 2.24) is 0 Å². The normalized spacial score (nSPS) is 18.6. The van der Waals surface area contributed by atoms with E-state index in [0.29, 0.717) is 40.8 Å². The largest absolute Gasteiger partial charge is 0.508 e. The maximum atomic E-state index is 13.6. The van der Waals surface area contributed by atoms with E-state index in [4.69, 9.17) is 9.47 Å². The van der Waals surface area contributed by atoms with Gasteiger partial charge in [-0.25, -0.2) is 0 Å². The average molecular weight is 651 g/mol. The van der Waals surface area contributed by atoms with Crippen LogP contribution in [-0.4, -0.2) is 36.4 Å². The van der Waals surface area contributed by atoms with Crippen molar-refractivity contribution in [2.45, 2.75) is 58.2 Å². The molecule has 248 valence electrons. The van der Waals surface area contributed by atoms with E-state index in [1.807, 2.05) is 20.8 Å². The highest BCUT2D eigenvalue weighted by Crippen LogP contribution is 2.54. The summed E-state index contributed by atoms with van der Waals surface area (Å²) in [5, 5.41) is 63.7. The van der Waals surface area contributed by atoms with E-state index in [-0.39, 0.29) is 58.0 Å². The van der Waals surface area contributed by atoms with E-state index in [2.05, 4.69) is 12.7 Å². The van der Waals surface area contributed by atoms with Crippen molar-refractivity contribution in [2.24, 2.45) is 5.92 Å². The molecule has 2 aliphatic rings. The van der Waals surface area contributed by atoms with Crippen molar-refractivity contribution in [3.8, 4) is 46.0 Å². The van der Waals surface area contributed by atoms with Crippen LogP contribution in [0.5, 0.6) is 46.0 Å². The zero-order chi connectivity index (χ0) is 34.4. The number of allylic oxidation sites excluding steroid dienone is 3. The first-order valence-corrected chi connectivity index (χ1v) is 15.7. The van der Waals surface area contributed by atoms with Gasteiger partial charge in [0.05, 0.1) is 12.3 Å². The molecule has 0 saturated heterocycles. The van der Waals surface area contributed by atoms with Crippen molar-refractivity contribution in [2.75, 3.05) is 0 Å². The Morgan fingerprint density at radius 2 is 1.50 bits per heavy atom. The molecule has 0 spiro atoms. The number of Topliss-reactive ketones (excluding diaryl/α,β-unsaturated/α-hetero) is 1. The van der Waals surface area contributed by atoms with Crippen LogP contribution in [0.1, 0.15) is 89.9 Å². The van der Waals surface area contributed by atoms with Crippen LogP contribution in [0.3, 0.4) is 0 Å². The zero-order valence-corrected chi connectivity index (χ0v) is 26.9. The van der Waals surface area contributed by atoms with E-state index in [0.717, 1.165) is 17.2 Å². The zero-order valence-electron chi connectivity index (χ0n) is 26.9. The molecule has 48 heavy (non-hydrogen) atoms. The number of carbonyl (C=O) groups is 1. The molecule has 0 amide bonds. The fraction of sp³-hybridized carbons (Fsp3) is 0.256. The number of hydrogen-bond donors (Lipinski definition) is 6. The smallest absolute Gasteiger partial charge is 0.174 e. The Morgan fingerprint density at radius 3 is 2.15 bits per heavy atom. The maximum absolute atomic E-state index is 13.6. The summed E-state index contributed by atoms with van der Waals surface area (Å²) in [6.07, 6.45) is 1.20. The molecule has 0 aliphatic carbocycles. The number of phenolic OH excluding ortho intramolecular Hbond substituents is 6. The monoisotopic (exact) mass is 650 g/mol. The Balaban J connectivity index is 1.44. The van der Waals surface area contributed by atoms with Crippen molar-refractivity contribution in [1.29, 1.82) is 0 Å². The third-order valence-corrected chi connectivity index (χ3v) is 9.11. The highest BCUT2D eigenvalue weighted by atomic mass is 16.5. The van der Waals surface area contributed by atoms with Crippen LogP contribution >= 0.6 is 0 Å². The molecule has 0 aromatic heterocycles. The first-order valence-electron chi connectivity index (χ1n) is 15.7. The van der Waals surface area contributed by atoms with Crippen LogP contribution in [0.2, 0.25) is 0 Å². The van der Waals surface area contributed by atoms with Crippen molar-refractivity contribution in [3.63, 3.8) is 0 Å². The molecule has 1 unspecified atom stereocenters. The molecule has 0 radical (unpaired) electrons. The van der Waals surface area contributed by atoms with Gasteiger partial charge in [-0.3, -0.25) is 4.79 Å². The number of benzene rings is 4. The minimum atomic E-state index is -0.984. The first-order chi connectivity index (χ1) is 22.8. The molecule has 4 aromatic carbocycles. The second kappa shape index (κ2) is 12.6. The maximum Gasteiger partial charge on any atom is 0.174 e. The number of fused-ring (bicyclic) bond motifs is 2. The molecule has 4 aromatic rings. The summed E-state index contributed by atoms with van der Waals surface area (Å²) in [4.78, 5) is 13.6. The lowest BCUT2D eigenvalue weighted by Crippen LogP contribution is -2.22. The molecule has 6 rings (SSSR count). The second-order valence-corrected chi connectivity index (χ2v) is 12.9. The predicted molar refractivity (Wildman–Crippen MR) is 179 cm³/mol. The molecular weight excluding hydrogens is 612 g/mol. The van der Waals surface area contributed by atoms with Gasteiger partial charge in [0.15, 0.2) is 5.78 Å². The lowest BCUT2D eigenvalue weighted by molar-refractivity contribution is 0.0838. The van der Waals surface area contributed by atoms with E-state index in [9.17, 15) is 35.4 Å². The Labute approximate surface area is 278 Å².